The molecule has 1 saturated heterocycles. The standard InChI is InChI=1S/C22H22ClNO4/c1-22(2)27-19(21(26)28-22)15-20(25)24(18-12-10-17(23)11-13-18)14-6-9-16-7-4-3-5-8-16/h3-5,7-8,10-13,15H,6,9,14H2,1-2H3/b19-15-. The van der Waals surface area contributed by atoms with Crippen LogP contribution in [0.1, 0.15) is 25.8 Å². The predicted octanol–water partition coefficient (Wildman–Crippen LogP) is 4.50. The summed E-state index contributed by atoms with van der Waals surface area (Å²) in [6.07, 6.45) is 2.78. The van der Waals surface area contributed by atoms with E-state index in [1.165, 1.54) is 11.6 Å². The normalized spacial score (nSPS) is 16.5. The lowest BCUT2D eigenvalue weighted by molar-refractivity contribution is -0.159. The Balaban J connectivity index is 1.76. The SMILES string of the molecule is CC1(C)OC(=O)/C(=C/C(=O)N(CCCc2ccccc2)c2ccc(Cl)cc2)O1. The molecule has 0 bridgehead atoms. The molecule has 146 valence electrons. The Hall–Kier alpha value is -2.79. The molecule has 3 rings (SSSR count). The molecule has 0 aliphatic carbocycles. The zero-order valence-electron chi connectivity index (χ0n) is 15.9. The molecular formula is C22H22ClNO4. The quantitative estimate of drug-likeness (QED) is 0.530. The summed E-state index contributed by atoms with van der Waals surface area (Å²) >= 11 is 5.97. The van der Waals surface area contributed by atoms with Gasteiger partial charge in [-0.1, -0.05) is 41.9 Å². The second kappa shape index (κ2) is 8.48. The van der Waals surface area contributed by atoms with E-state index in [0.717, 1.165) is 12.8 Å². The molecule has 0 N–H and O–H groups in total. The summed E-state index contributed by atoms with van der Waals surface area (Å²) in [5.74, 6) is -2.14. The summed E-state index contributed by atoms with van der Waals surface area (Å²) in [6, 6.07) is 17.1. The Kier molecular flexibility index (Phi) is 6.05. The summed E-state index contributed by atoms with van der Waals surface area (Å²) in [6.45, 7) is 3.72. The number of hydrogen-bond donors (Lipinski definition) is 0. The van der Waals surface area contributed by atoms with E-state index in [2.05, 4.69) is 12.1 Å². The van der Waals surface area contributed by atoms with Crippen LogP contribution in [-0.2, 0) is 25.5 Å². The fraction of sp³-hybridized carbons (Fsp3) is 0.273. The first-order valence-electron chi connectivity index (χ1n) is 9.09. The molecule has 5 nitrogen and oxygen atoms in total. The zero-order chi connectivity index (χ0) is 20.1. The van der Waals surface area contributed by atoms with Crippen molar-refractivity contribution < 1.29 is 19.1 Å². The van der Waals surface area contributed by atoms with Crippen LogP contribution in [0.5, 0.6) is 0 Å². The molecule has 2 aromatic carbocycles. The van der Waals surface area contributed by atoms with Crippen LogP contribution in [0, 0.1) is 0 Å². The number of carbonyl (C=O) groups excluding carboxylic acids is 2. The second-order valence-corrected chi connectivity index (χ2v) is 7.39. The molecule has 0 saturated carbocycles. The number of aryl methyl sites for hydroxylation is 1. The molecule has 0 unspecified atom stereocenters. The highest BCUT2D eigenvalue weighted by Crippen LogP contribution is 2.27. The van der Waals surface area contributed by atoms with Crippen LogP contribution in [0.3, 0.4) is 0 Å². The number of anilines is 1. The van der Waals surface area contributed by atoms with Crippen LogP contribution in [-0.4, -0.2) is 24.2 Å². The molecule has 1 heterocycles. The van der Waals surface area contributed by atoms with Gasteiger partial charge in [-0.3, -0.25) is 4.79 Å². The summed E-state index contributed by atoms with van der Waals surface area (Å²) in [7, 11) is 0. The van der Waals surface area contributed by atoms with Crippen molar-refractivity contribution in [3.63, 3.8) is 0 Å². The number of nitrogens with zero attached hydrogens (tertiary/aromatic N) is 1. The fourth-order valence-corrected chi connectivity index (χ4v) is 3.08. The second-order valence-electron chi connectivity index (χ2n) is 6.96. The third-order valence-corrected chi connectivity index (χ3v) is 4.50. The summed E-state index contributed by atoms with van der Waals surface area (Å²) in [5.41, 5.74) is 1.90. The molecular weight excluding hydrogens is 378 g/mol. The Bertz CT molecular complexity index is 875. The molecule has 1 aliphatic heterocycles. The Labute approximate surface area is 169 Å². The predicted molar refractivity (Wildman–Crippen MR) is 108 cm³/mol. The van der Waals surface area contributed by atoms with Gasteiger partial charge >= 0.3 is 5.97 Å². The van der Waals surface area contributed by atoms with Gasteiger partial charge in [-0.25, -0.2) is 4.79 Å². The topological polar surface area (TPSA) is 55.8 Å². The van der Waals surface area contributed by atoms with Gasteiger partial charge in [-0.2, -0.15) is 0 Å². The molecule has 1 amide bonds. The van der Waals surface area contributed by atoms with Gasteiger partial charge in [-0.15, -0.1) is 0 Å². The maximum atomic E-state index is 12.9. The largest absolute Gasteiger partial charge is 0.445 e. The molecule has 0 aromatic heterocycles. The van der Waals surface area contributed by atoms with E-state index in [9.17, 15) is 9.59 Å². The van der Waals surface area contributed by atoms with Crippen LogP contribution < -0.4 is 4.90 Å². The Morgan fingerprint density at radius 2 is 1.75 bits per heavy atom. The molecule has 2 aromatic rings. The summed E-state index contributed by atoms with van der Waals surface area (Å²) < 4.78 is 10.5. The van der Waals surface area contributed by atoms with Gasteiger partial charge in [0.05, 0.1) is 6.08 Å². The van der Waals surface area contributed by atoms with Gasteiger partial charge in [0.2, 0.25) is 11.5 Å². The summed E-state index contributed by atoms with van der Waals surface area (Å²) in [5, 5.41) is 0.586. The molecule has 0 spiro atoms. The monoisotopic (exact) mass is 399 g/mol. The highest BCUT2D eigenvalue weighted by atomic mass is 35.5. The van der Waals surface area contributed by atoms with Gasteiger partial charge in [0, 0.05) is 31.1 Å². The molecule has 1 fully saturated rings. The lowest BCUT2D eigenvalue weighted by Crippen LogP contribution is -2.31. The van der Waals surface area contributed by atoms with Gasteiger partial charge < -0.3 is 14.4 Å². The van der Waals surface area contributed by atoms with Gasteiger partial charge in [0.15, 0.2) is 0 Å². The van der Waals surface area contributed by atoms with Crippen molar-refractivity contribution >= 4 is 29.2 Å². The fourth-order valence-electron chi connectivity index (χ4n) is 2.95. The minimum absolute atomic E-state index is 0.0861. The average Bonchev–Trinajstić information content (AvgIpc) is 2.92. The van der Waals surface area contributed by atoms with Crippen LogP contribution >= 0.6 is 11.6 Å². The first kappa shape index (κ1) is 20.0. The number of esters is 1. The minimum atomic E-state index is -1.07. The van der Waals surface area contributed by atoms with Crippen molar-refractivity contribution in [2.24, 2.45) is 0 Å². The number of rotatable bonds is 6. The first-order valence-corrected chi connectivity index (χ1v) is 9.47. The van der Waals surface area contributed by atoms with Gasteiger partial charge in [0.1, 0.15) is 0 Å². The Morgan fingerprint density at radius 1 is 1.07 bits per heavy atom. The molecule has 6 heteroatoms. The number of benzene rings is 2. The third-order valence-electron chi connectivity index (χ3n) is 4.24. The number of hydrogen-bond acceptors (Lipinski definition) is 4. The third kappa shape index (κ3) is 5.14. The Morgan fingerprint density at radius 3 is 2.36 bits per heavy atom. The van der Waals surface area contributed by atoms with E-state index in [4.69, 9.17) is 21.1 Å². The molecule has 0 radical (unpaired) electrons. The first-order chi connectivity index (χ1) is 13.3. The number of amides is 1. The average molecular weight is 400 g/mol. The minimum Gasteiger partial charge on any atom is -0.445 e. The molecule has 0 atom stereocenters. The van der Waals surface area contributed by atoms with Crippen molar-refractivity contribution in [2.75, 3.05) is 11.4 Å². The van der Waals surface area contributed by atoms with E-state index < -0.39 is 11.8 Å². The van der Waals surface area contributed by atoms with Crippen LogP contribution in [0.2, 0.25) is 5.02 Å². The number of halogens is 1. The zero-order valence-corrected chi connectivity index (χ0v) is 16.6. The lowest BCUT2D eigenvalue weighted by atomic mass is 10.1. The van der Waals surface area contributed by atoms with Gasteiger partial charge in [-0.05, 0) is 42.7 Å². The maximum Gasteiger partial charge on any atom is 0.377 e. The maximum absolute atomic E-state index is 12.9. The van der Waals surface area contributed by atoms with Crippen molar-refractivity contribution in [3.05, 3.63) is 77.0 Å². The highest BCUT2D eigenvalue weighted by molar-refractivity contribution is 6.30. The van der Waals surface area contributed by atoms with E-state index in [1.54, 1.807) is 43.0 Å². The van der Waals surface area contributed by atoms with E-state index in [-0.39, 0.29) is 11.7 Å². The van der Waals surface area contributed by atoms with Crippen LogP contribution in [0.25, 0.3) is 0 Å². The van der Waals surface area contributed by atoms with Crippen LogP contribution in [0.4, 0.5) is 5.69 Å². The van der Waals surface area contributed by atoms with Crippen molar-refractivity contribution in [2.45, 2.75) is 32.5 Å². The van der Waals surface area contributed by atoms with Crippen molar-refractivity contribution in [1.82, 2.24) is 0 Å². The van der Waals surface area contributed by atoms with Crippen molar-refractivity contribution in [3.8, 4) is 0 Å². The van der Waals surface area contributed by atoms with Gasteiger partial charge in [0.25, 0.3) is 5.91 Å². The van der Waals surface area contributed by atoms with E-state index >= 15 is 0 Å². The molecule has 1 aliphatic rings. The van der Waals surface area contributed by atoms with E-state index in [1.807, 2.05) is 18.2 Å². The number of carbonyl (C=O) groups is 2. The lowest BCUT2D eigenvalue weighted by Gasteiger charge is -2.22. The van der Waals surface area contributed by atoms with Crippen LogP contribution in [0.15, 0.2) is 66.4 Å². The smallest absolute Gasteiger partial charge is 0.377 e. The van der Waals surface area contributed by atoms with Crippen molar-refractivity contribution in [1.29, 1.82) is 0 Å². The number of cyclic esters (lactones) is 1. The highest BCUT2D eigenvalue weighted by Gasteiger charge is 2.38. The molecule has 28 heavy (non-hydrogen) atoms. The number of ether oxygens (including phenoxy) is 2. The van der Waals surface area contributed by atoms with E-state index in [0.29, 0.717) is 17.3 Å². The summed E-state index contributed by atoms with van der Waals surface area (Å²) in [4.78, 5) is 26.4.